The van der Waals surface area contributed by atoms with Crippen molar-refractivity contribution in [3.8, 4) is 0 Å². The molecular formula is C9H19N3O2. The lowest BCUT2D eigenvalue weighted by molar-refractivity contribution is -0.118. The largest absolute Gasteiger partial charge is 0.377 e. The Balaban J connectivity index is 2.15. The van der Waals surface area contributed by atoms with Gasteiger partial charge in [0.1, 0.15) is 0 Å². The second kappa shape index (κ2) is 5.95. The maximum absolute atomic E-state index is 10.7. The number of primary amides is 1. The van der Waals surface area contributed by atoms with Crippen molar-refractivity contribution in [3.63, 3.8) is 0 Å². The average Bonchev–Trinajstić information content (AvgIpc) is 2.64. The molecule has 5 nitrogen and oxygen atoms in total. The Labute approximate surface area is 84.2 Å². The van der Waals surface area contributed by atoms with E-state index in [2.05, 4.69) is 5.32 Å². The number of nitrogens with two attached hydrogens (primary N) is 2. The Hall–Kier alpha value is -0.650. The van der Waals surface area contributed by atoms with Crippen LogP contribution in [-0.4, -0.2) is 37.7 Å². The van der Waals surface area contributed by atoms with E-state index in [1.807, 2.05) is 0 Å². The first-order valence-electron chi connectivity index (χ1n) is 5.05. The Kier molecular flexibility index (Phi) is 4.86. The van der Waals surface area contributed by atoms with Gasteiger partial charge in [0.25, 0.3) is 0 Å². The number of hydrogen-bond donors (Lipinski definition) is 3. The number of ether oxygens (including phenoxy) is 1. The van der Waals surface area contributed by atoms with Crippen LogP contribution < -0.4 is 16.8 Å². The molecule has 1 aliphatic rings. The zero-order chi connectivity index (χ0) is 10.4. The SMILES string of the molecule is NCC(CC(N)=O)NCC1CCCO1. The predicted molar refractivity (Wildman–Crippen MR) is 53.6 cm³/mol. The molecule has 0 aromatic rings. The van der Waals surface area contributed by atoms with Crippen LogP contribution in [0.3, 0.4) is 0 Å². The van der Waals surface area contributed by atoms with Gasteiger partial charge >= 0.3 is 0 Å². The molecule has 5 N–H and O–H groups in total. The molecule has 14 heavy (non-hydrogen) atoms. The standard InChI is InChI=1S/C9H19N3O2/c10-5-7(4-9(11)13)12-6-8-2-1-3-14-8/h7-8,12H,1-6,10H2,(H2,11,13). The van der Waals surface area contributed by atoms with Crippen molar-refractivity contribution in [2.24, 2.45) is 11.5 Å². The molecular weight excluding hydrogens is 182 g/mol. The molecule has 0 aliphatic carbocycles. The Morgan fingerprint density at radius 1 is 1.64 bits per heavy atom. The monoisotopic (exact) mass is 201 g/mol. The molecule has 5 heteroatoms. The zero-order valence-corrected chi connectivity index (χ0v) is 8.37. The fraction of sp³-hybridized carbons (Fsp3) is 0.889. The highest BCUT2D eigenvalue weighted by Gasteiger charge is 2.17. The highest BCUT2D eigenvalue weighted by Crippen LogP contribution is 2.10. The van der Waals surface area contributed by atoms with Crippen LogP contribution in [0, 0.1) is 0 Å². The second-order valence-electron chi connectivity index (χ2n) is 3.65. The van der Waals surface area contributed by atoms with Gasteiger partial charge in [0.05, 0.1) is 6.10 Å². The van der Waals surface area contributed by atoms with Crippen LogP contribution in [0.1, 0.15) is 19.3 Å². The number of rotatable bonds is 6. The fourth-order valence-corrected chi connectivity index (χ4v) is 1.59. The molecule has 0 bridgehead atoms. The molecule has 82 valence electrons. The highest BCUT2D eigenvalue weighted by molar-refractivity contribution is 5.74. The van der Waals surface area contributed by atoms with Gasteiger partial charge in [0.15, 0.2) is 0 Å². The van der Waals surface area contributed by atoms with E-state index in [0.717, 1.165) is 26.0 Å². The van der Waals surface area contributed by atoms with Gasteiger partial charge in [0.2, 0.25) is 5.91 Å². The van der Waals surface area contributed by atoms with Crippen LogP contribution in [0.15, 0.2) is 0 Å². The third-order valence-corrected chi connectivity index (χ3v) is 2.39. The molecule has 0 spiro atoms. The summed E-state index contributed by atoms with van der Waals surface area (Å²) in [6.07, 6.45) is 2.77. The Morgan fingerprint density at radius 2 is 2.43 bits per heavy atom. The number of amides is 1. The summed E-state index contributed by atoms with van der Waals surface area (Å²) in [5.41, 5.74) is 10.6. The first-order chi connectivity index (χ1) is 6.72. The number of carbonyl (C=O) groups excluding carboxylic acids is 1. The molecule has 1 amide bonds. The fourth-order valence-electron chi connectivity index (χ4n) is 1.59. The maximum Gasteiger partial charge on any atom is 0.219 e. The van der Waals surface area contributed by atoms with E-state index in [9.17, 15) is 4.79 Å². The Morgan fingerprint density at radius 3 is 2.93 bits per heavy atom. The quantitative estimate of drug-likeness (QED) is 0.512. The van der Waals surface area contributed by atoms with Crippen molar-refractivity contribution in [1.29, 1.82) is 0 Å². The van der Waals surface area contributed by atoms with Crippen LogP contribution in [-0.2, 0) is 9.53 Å². The van der Waals surface area contributed by atoms with Gasteiger partial charge in [-0.3, -0.25) is 4.79 Å². The summed E-state index contributed by atoms with van der Waals surface area (Å²) < 4.78 is 5.43. The van der Waals surface area contributed by atoms with E-state index >= 15 is 0 Å². The molecule has 1 aliphatic heterocycles. The van der Waals surface area contributed by atoms with Crippen LogP contribution in [0.4, 0.5) is 0 Å². The minimum absolute atomic E-state index is 0.0169. The molecule has 0 aromatic heterocycles. The van der Waals surface area contributed by atoms with E-state index in [-0.39, 0.29) is 18.1 Å². The van der Waals surface area contributed by atoms with Crippen molar-refractivity contribution in [2.75, 3.05) is 19.7 Å². The zero-order valence-electron chi connectivity index (χ0n) is 8.37. The number of hydrogen-bond acceptors (Lipinski definition) is 4. The molecule has 1 heterocycles. The molecule has 0 saturated carbocycles. The van der Waals surface area contributed by atoms with E-state index in [0.29, 0.717) is 13.0 Å². The molecule has 0 radical (unpaired) electrons. The van der Waals surface area contributed by atoms with Gasteiger partial charge in [-0.1, -0.05) is 0 Å². The summed E-state index contributed by atoms with van der Waals surface area (Å²) in [6.45, 7) is 2.03. The summed E-state index contributed by atoms with van der Waals surface area (Å²) in [5.74, 6) is -0.319. The first kappa shape index (κ1) is 11.4. The smallest absolute Gasteiger partial charge is 0.219 e. The lowest BCUT2D eigenvalue weighted by atomic mass is 10.2. The van der Waals surface area contributed by atoms with Gasteiger partial charge in [-0.05, 0) is 12.8 Å². The summed E-state index contributed by atoms with van der Waals surface area (Å²) in [5, 5.41) is 3.19. The van der Waals surface area contributed by atoms with E-state index in [1.165, 1.54) is 0 Å². The lowest BCUT2D eigenvalue weighted by Crippen LogP contribution is -2.42. The third-order valence-electron chi connectivity index (χ3n) is 2.39. The summed E-state index contributed by atoms with van der Waals surface area (Å²) in [6, 6.07) is -0.0169. The van der Waals surface area contributed by atoms with Crippen molar-refractivity contribution in [2.45, 2.75) is 31.4 Å². The van der Waals surface area contributed by atoms with Gasteiger partial charge in [-0.2, -0.15) is 0 Å². The van der Waals surface area contributed by atoms with Crippen molar-refractivity contribution in [3.05, 3.63) is 0 Å². The Bertz CT molecular complexity index is 181. The minimum atomic E-state index is -0.319. The number of carbonyl (C=O) groups is 1. The maximum atomic E-state index is 10.7. The minimum Gasteiger partial charge on any atom is -0.377 e. The molecule has 1 saturated heterocycles. The summed E-state index contributed by atoms with van der Waals surface area (Å²) in [4.78, 5) is 10.7. The highest BCUT2D eigenvalue weighted by atomic mass is 16.5. The molecule has 0 aromatic carbocycles. The van der Waals surface area contributed by atoms with Crippen LogP contribution in [0.2, 0.25) is 0 Å². The van der Waals surface area contributed by atoms with Crippen molar-refractivity contribution < 1.29 is 9.53 Å². The van der Waals surface area contributed by atoms with Crippen LogP contribution in [0.25, 0.3) is 0 Å². The van der Waals surface area contributed by atoms with E-state index in [4.69, 9.17) is 16.2 Å². The van der Waals surface area contributed by atoms with Crippen molar-refractivity contribution in [1.82, 2.24) is 5.32 Å². The van der Waals surface area contributed by atoms with Crippen LogP contribution >= 0.6 is 0 Å². The van der Waals surface area contributed by atoms with E-state index in [1.54, 1.807) is 0 Å². The lowest BCUT2D eigenvalue weighted by Gasteiger charge is -2.17. The van der Waals surface area contributed by atoms with E-state index < -0.39 is 0 Å². The van der Waals surface area contributed by atoms with Crippen molar-refractivity contribution >= 4 is 5.91 Å². The normalized spacial score (nSPS) is 23.6. The summed E-state index contributed by atoms with van der Waals surface area (Å²) in [7, 11) is 0. The number of nitrogens with one attached hydrogen (secondary N) is 1. The first-order valence-corrected chi connectivity index (χ1v) is 5.05. The van der Waals surface area contributed by atoms with Gasteiger partial charge in [-0.15, -0.1) is 0 Å². The molecule has 2 unspecified atom stereocenters. The van der Waals surface area contributed by atoms with Gasteiger partial charge < -0.3 is 21.5 Å². The van der Waals surface area contributed by atoms with Crippen LogP contribution in [0.5, 0.6) is 0 Å². The van der Waals surface area contributed by atoms with Gasteiger partial charge in [0, 0.05) is 32.2 Å². The molecule has 2 atom stereocenters. The third kappa shape index (κ3) is 4.04. The second-order valence-corrected chi connectivity index (χ2v) is 3.65. The molecule has 1 fully saturated rings. The average molecular weight is 201 g/mol. The van der Waals surface area contributed by atoms with Gasteiger partial charge in [-0.25, -0.2) is 0 Å². The molecule has 1 rings (SSSR count). The predicted octanol–water partition coefficient (Wildman–Crippen LogP) is -1.04. The summed E-state index contributed by atoms with van der Waals surface area (Å²) >= 11 is 0. The topological polar surface area (TPSA) is 90.4 Å².